The lowest BCUT2D eigenvalue weighted by Crippen LogP contribution is -2.44. The maximum atomic E-state index is 13.2. The van der Waals surface area contributed by atoms with Gasteiger partial charge in [0.25, 0.3) is 0 Å². The molecule has 6 nitrogen and oxygen atoms in total. The summed E-state index contributed by atoms with van der Waals surface area (Å²) in [5.74, 6) is 0.0115. The van der Waals surface area contributed by atoms with Gasteiger partial charge in [0.15, 0.2) is 0 Å². The van der Waals surface area contributed by atoms with E-state index >= 15 is 0 Å². The van der Waals surface area contributed by atoms with Crippen LogP contribution in [0.5, 0.6) is 0 Å². The van der Waals surface area contributed by atoms with Gasteiger partial charge in [-0.3, -0.25) is 4.79 Å². The van der Waals surface area contributed by atoms with Crippen molar-refractivity contribution in [1.29, 1.82) is 5.26 Å². The molecule has 2 N–H and O–H groups in total. The summed E-state index contributed by atoms with van der Waals surface area (Å²) in [6.07, 6.45) is 14.4. The number of fused-ring (bicyclic) bond motifs is 1. The zero-order valence-electron chi connectivity index (χ0n) is 16.0. The van der Waals surface area contributed by atoms with Gasteiger partial charge < -0.3 is 15.2 Å². The Bertz CT molecular complexity index is 1060. The van der Waals surface area contributed by atoms with E-state index in [2.05, 4.69) is 33.5 Å². The molecule has 0 spiro atoms. The van der Waals surface area contributed by atoms with Crippen molar-refractivity contribution < 1.29 is 4.79 Å². The summed E-state index contributed by atoms with van der Waals surface area (Å²) in [5.41, 5.74) is 3.88. The third-order valence-corrected chi connectivity index (χ3v) is 5.63. The van der Waals surface area contributed by atoms with Crippen molar-refractivity contribution in [2.24, 2.45) is 0 Å². The fourth-order valence-corrected chi connectivity index (χ4v) is 4.16. The second-order valence-corrected chi connectivity index (χ2v) is 7.68. The van der Waals surface area contributed by atoms with E-state index in [1.807, 2.05) is 24.5 Å². The minimum absolute atomic E-state index is 0.0115. The third-order valence-electron chi connectivity index (χ3n) is 5.34. The number of nitrogens with one attached hydrogen (secondary N) is 2. The van der Waals surface area contributed by atoms with Gasteiger partial charge in [0.05, 0.1) is 17.5 Å². The Hall–Kier alpha value is -3.04. The molecule has 0 aromatic carbocycles. The normalized spacial score (nSPS) is 18.1. The van der Waals surface area contributed by atoms with Crippen molar-refractivity contribution in [2.75, 3.05) is 13.1 Å². The number of nitrogens with zero attached hydrogens (tertiary/aromatic N) is 3. The van der Waals surface area contributed by atoms with E-state index in [-0.39, 0.29) is 11.9 Å². The molecular formula is C22H22ClN5O. The van der Waals surface area contributed by atoms with Crippen LogP contribution in [-0.4, -0.2) is 39.9 Å². The molecule has 2 aliphatic rings. The molecule has 7 heteroatoms. The number of carbonyl (C=O) groups excluding carboxylic acids is 1. The second-order valence-electron chi connectivity index (χ2n) is 7.27. The summed E-state index contributed by atoms with van der Waals surface area (Å²) in [5, 5.41) is 13.7. The van der Waals surface area contributed by atoms with E-state index in [4.69, 9.17) is 16.9 Å². The van der Waals surface area contributed by atoms with E-state index in [1.165, 1.54) is 5.57 Å². The van der Waals surface area contributed by atoms with Crippen LogP contribution in [0.25, 0.3) is 16.6 Å². The Morgan fingerprint density at radius 1 is 1.45 bits per heavy atom. The average Bonchev–Trinajstić information content (AvgIpc) is 3.41. The molecule has 0 radical (unpaired) electrons. The molecule has 2 aromatic rings. The van der Waals surface area contributed by atoms with Crippen LogP contribution in [0.1, 0.15) is 31.2 Å². The van der Waals surface area contributed by atoms with Crippen LogP contribution < -0.4 is 5.32 Å². The van der Waals surface area contributed by atoms with Gasteiger partial charge >= 0.3 is 0 Å². The van der Waals surface area contributed by atoms with Crippen LogP contribution in [0.2, 0.25) is 5.02 Å². The van der Waals surface area contributed by atoms with Crippen LogP contribution in [0, 0.1) is 11.3 Å². The van der Waals surface area contributed by atoms with Crippen LogP contribution in [0.15, 0.2) is 48.5 Å². The lowest BCUT2D eigenvalue weighted by Gasteiger charge is -2.27. The molecule has 4 rings (SSSR count). The largest absolute Gasteiger partial charge is 0.379 e. The van der Waals surface area contributed by atoms with E-state index < -0.39 is 0 Å². The van der Waals surface area contributed by atoms with Crippen LogP contribution in [0.3, 0.4) is 0 Å². The number of nitriles is 1. The molecule has 3 heterocycles. The van der Waals surface area contributed by atoms with Gasteiger partial charge in [-0.05, 0) is 24.5 Å². The highest BCUT2D eigenvalue weighted by molar-refractivity contribution is 6.33. The summed E-state index contributed by atoms with van der Waals surface area (Å²) < 4.78 is 0. The highest BCUT2D eigenvalue weighted by Gasteiger charge is 2.30. The van der Waals surface area contributed by atoms with Crippen molar-refractivity contribution >= 4 is 34.1 Å². The lowest BCUT2D eigenvalue weighted by molar-refractivity contribution is -0.132. The number of halogens is 1. The van der Waals surface area contributed by atoms with Gasteiger partial charge in [0.2, 0.25) is 5.91 Å². The van der Waals surface area contributed by atoms with Crippen molar-refractivity contribution in [3.05, 3.63) is 59.0 Å². The first-order valence-electron chi connectivity index (χ1n) is 9.74. The summed E-state index contributed by atoms with van der Waals surface area (Å²) in [6, 6.07) is 3.74. The molecule has 29 heavy (non-hydrogen) atoms. The summed E-state index contributed by atoms with van der Waals surface area (Å²) in [6.45, 7) is 0.998. The Kier molecular flexibility index (Phi) is 5.68. The van der Waals surface area contributed by atoms with Gasteiger partial charge in [-0.15, -0.1) is 0 Å². The Labute approximate surface area is 174 Å². The molecule has 2 aromatic heterocycles. The average molecular weight is 408 g/mol. The smallest absolute Gasteiger partial charge is 0.245 e. The van der Waals surface area contributed by atoms with Gasteiger partial charge in [0, 0.05) is 49.1 Å². The molecule has 0 saturated heterocycles. The van der Waals surface area contributed by atoms with E-state index in [0.717, 1.165) is 35.0 Å². The number of amides is 1. The first-order chi connectivity index (χ1) is 14.2. The maximum Gasteiger partial charge on any atom is 0.245 e. The predicted molar refractivity (Wildman–Crippen MR) is 114 cm³/mol. The highest BCUT2D eigenvalue weighted by Crippen LogP contribution is 2.35. The first kappa shape index (κ1) is 19.3. The number of allylic oxidation sites excluding steroid dienone is 3. The first-order valence-corrected chi connectivity index (χ1v) is 10.1. The Morgan fingerprint density at radius 3 is 3.14 bits per heavy atom. The minimum Gasteiger partial charge on any atom is -0.379 e. The third kappa shape index (κ3) is 4.06. The number of carbonyl (C=O) groups is 1. The van der Waals surface area contributed by atoms with E-state index in [0.29, 0.717) is 31.0 Å². The van der Waals surface area contributed by atoms with Gasteiger partial charge in [-0.2, -0.15) is 5.26 Å². The van der Waals surface area contributed by atoms with E-state index in [1.54, 1.807) is 11.1 Å². The number of rotatable bonds is 6. The molecule has 1 atom stereocenters. The zero-order valence-corrected chi connectivity index (χ0v) is 16.7. The highest BCUT2D eigenvalue weighted by atomic mass is 35.5. The number of hydrogen-bond donors (Lipinski definition) is 2. The number of H-pyrrole nitrogens is 1. The number of pyridine rings is 1. The van der Waals surface area contributed by atoms with E-state index in [9.17, 15) is 4.79 Å². The van der Waals surface area contributed by atoms with Crippen molar-refractivity contribution in [2.45, 2.75) is 31.7 Å². The van der Waals surface area contributed by atoms with Crippen molar-refractivity contribution in [3.63, 3.8) is 0 Å². The summed E-state index contributed by atoms with van der Waals surface area (Å²) in [4.78, 5) is 22.4. The molecule has 0 fully saturated rings. The van der Waals surface area contributed by atoms with Crippen molar-refractivity contribution in [1.82, 2.24) is 20.2 Å². The topological polar surface area (TPSA) is 84.8 Å². The zero-order chi connectivity index (χ0) is 20.2. The predicted octanol–water partition coefficient (Wildman–Crippen LogP) is 3.94. The molecule has 1 unspecified atom stereocenters. The van der Waals surface area contributed by atoms with Gasteiger partial charge in [-0.25, -0.2) is 4.98 Å². The van der Waals surface area contributed by atoms with Crippen LogP contribution in [-0.2, 0) is 4.79 Å². The molecule has 0 bridgehead atoms. The van der Waals surface area contributed by atoms with Gasteiger partial charge in [0.1, 0.15) is 11.7 Å². The molecule has 1 aliphatic carbocycles. The standard InChI is InChI=1S/C22H22ClN5O/c23-18-13-27-21-17(7-9-25-21)20(18)16-11-19(26-12-16)22(29)28(10-4-8-24)14-15-5-2-1-3-6-15/h1-2,5,7,9,12-13,19,26H,3-4,6,10-11,14H2,(H,25,27). The quantitative estimate of drug-likeness (QED) is 0.759. The summed E-state index contributed by atoms with van der Waals surface area (Å²) in [7, 11) is 0. The van der Waals surface area contributed by atoms with Crippen LogP contribution in [0.4, 0.5) is 0 Å². The molecular weight excluding hydrogens is 386 g/mol. The molecule has 1 amide bonds. The fourth-order valence-electron chi connectivity index (χ4n) is 3.88. The number of aromatic amines is 1. The van der Waals surface area contributed by atoms with Crippen molar-refractivity contribution in [3.8, 4) is 6.07 Å². The summed E-state index contributed by atoms with van der Waals surface area (Å²) >= 11 is 6.44. The van der Waals surface area contributed by atoms with Crippen LogP contribution >= 0.6 is 11.6 Å². The Balaban J connectivity index is 1.51. The van der Waals surface area contributed by atoms with Gasteiger partial charge in [-0.1, -0.05) is 35.4 Å². The minimum atomic E-state index is -0.360. The fraction of sp³-hybridized carbons (Fsp3) is 0.318. The molecule has 1 aliphatic heterocycles. The molecule has 0 saturated carbocycles. The Morgan fingerprint density at radius 2 is 2.34 bits per heavy atom. The maximum absolute atomic E-state index is 13.2. The monoisotopic (exact) mass is 407 g/mol. The second kappa shape index (κ2) is 8.54. The number of aromatic nitrogens is 2. The molecule has 148 valence electrons. The number of hydrogen-bond acceptors (Lipinski definition) is 4. The SMILES string of the molecule is N#CCCN(CC1=CC=CCC1)C(=O)C1CC(c2c(Cl)cnc3[nH]ccc23)=CN1. The lowest BCUT2D eigenvalue weighted by atomic mass is 9.99.